The van der Waals surface area contributed by atoms with E-state index in [9.17, 15) is 14.0 Å². The van der Waals surface area contributed by atoms with Crippen LogP contribution in [-0.4, -0.2) is 81.9 Å². The van der Waals surface area contributed by atoms with Crippen LogP contribution in [0.1, 0.15) is 38.4 Å². The number of aromatic nitrogens is 3. The van der Waals surface area contributed by atoms with Gasteiger partial charge in [0.15, 0.2) is 11.5 Å². The predicted molar refractivity (Wildman–Crippen MR) is 148 cm³/mol. The van der Waals surface area contributed by atoms with Crippen LogP contribution in [0.4, 0.5) is 31.2 Å². The summed E-state index contributed by atoms with van der Waals surface area (Å²) in [5.74, 6) is 0.0854. The van der Waals surface area contributed by atoms with E-state index in [0.717, 1.165) is 24.2 Å². The van der Waals surface area contributed by atoms with E-state index in [4.69, 9.17) is 9.47 Å². The van der Waals surface area contributed by atoms with Crippen molar-refractivity contribution in [3.05, 3.63) is 47.8 Å². The molecule has 3 aliphatic heterocycles. The molecule has 6 rings (SSSR count). The quantitative estimate of drug-likeness (QED) is 0.514. The van der Waals surface area contributed by atoms with Gasteiger partial charge in [-0.2, -0.15) is 0 Å². The van der Waals surface area contributed by atoms with Gasteiger partial charge in [0.2, 0.25) is 0 Å². The number of rotatable bonds is 2. The molecule has 1 atom stereocenters. The van der Waals surface area contributed by atoms with Crippen LogP contribution < -0.4 is 15.1 Å². The van der Waals surface area contributed by atoms with Crippen molar-refractivity contribution < 1.29 is 23.5 Å². The van der Waals surface area contributed by atoms with Gasteiger partial charge in [-0.1, -0.05) is 0 Å². The van der Waals surface area contributed by atoms with Crippen LogP contribution in [0.2, 0.25) is 0 Å². The highest BCUT2D eigenvalue weighted by Gasteiger charge is 2.45. The van der Waals surface area contributed by atoms with E-state index in [1.807, 2.05) is 26.8 Å². The minimum atomic E-state index is -0.556. The van der Waals surface area contributed by atoms with Crippen LogP contribution in [0, 0.1) is 12.7 Å². The zero-order chi connectivity index (χ0) is 28.2. The molecule has 3 aromatic heterocycles. The zero-order valence-electron chi connectivity index (χ0n) is 23.2. The third-order valence-electron chi connectivity index (χ3n) is 7.53. The van der Waals surface area contributed by atoms with Crippen molar-refractivity contribution in [2.45, 2.75) is 51.7 Å². The van der Waals surface area contributed by atoms with E-state index >= 15 is 0 Å². The van der Waals surface area contributed by atoms with Gasteiger partial charge in [-0.15, -0.1) is 0 Å². The normalized spacial score (nSPS) is 20.9. The number of ether oxygens (including phenoxy) is 2. The number of morpholine rings is 1. The molecule has 0 bridgehead atoms. The molecule has 0 aliphatic carbocycles. The lowest BCUT2D eigenvalue weighted by atomic mass is 10.0. The van der Waals surface area contributed by atoms with E-state index in [1.54, 1.807) is 39.7 Å². The van der Waals surface area contributed by atoms with Crippen LogP contribution in [0.3, 0.4) is 0 Å². The van der Waals surface area contributed by atoms with Crippen LogP contribution in [0.25, 0.3) is 5.65 Å². The molecule has 0 aromatic carbocycles. The Morgan fingerprint density at radius 1 is 1.18 bits per heavy atom. The Kier molecular flexibility index (Phi) is 6.32. The number of carbonyl (C=O) groups is 2. The smallest absolute Gasteiger partial charge is 0.410 e. The maximum absolute atomic E-state index is 14.5. The van der Waals surface area contributed by atoms with Gasteiger partial charge < -0.3 is 29.0 Å². The maximum Gasteiger partial charge on any atom is 0.410 e. The van der Waals surface area contributed by atoms with Crippen molar-refractivity contribution in [1.29, 1.82) is 0 Å². The number of nitrogens with zero attached hydrogens (tertiary/aromatic N) is 6. The maximum atomic E-state index is 14.5. The molecule has 40 heavy (non-hydrogen) atoms. The summed E-state index contributed by atoms with van der Waals surface area (Å²) >= 11 is 0. The van der Waals surface area contributed by atoms with Crippen molar-refractivity contribution in [2.24, 2.45) is 0 Å². The summed E-state index contributed by atoms with van der Waals surface area (Å²) in [6.45, 7) is 10.7. The largest absolute Gasteiger partial charge is 0.444 e. The lowest BCUT2D eigenvalue weighted by Gasteiger charge is -2.40. The Balaban J connectivity index is 1.17. The van der Waals surface area contributed by atoms with E-state index < -0.39 is 17.0 Å². The number of anilines is 3. The van der Waals surface area contributed by atoms with E-state index in [1.165, 1.54) is 6.07 Å². The lowest BCUT2D eigenvalue weighted by Crippen LogP contribution is -2.55. The SMILES string of the molecule is Cc1cn2cc(NC(=O)N3CCc4c(N5CC[C@@]6(CN(C(=O)OC(C)(C)C)CCO6)C5)ccnc43)cc(F)c2n1. The number of nitrogens with one attached hydrogen (secondary N) is 1. The fraction of sp³-hybridized carbons (Fsp3) is 0.500. The first kappa shape index (κ1) is 26.3. The number of halogens is 1. The van der Waals surface area contributed by atoms with Gasteiger partial charge in [-0.3, -0.25) is 4.90 Å². The standard InChI is InChI=1S/C28H34FN7O4/c1-18-14-35-15-19(13-21(29)24(35)31-18)32-25(37)36-9-6-20-22(5-8-30-23(20)36)33-10-7-28(16-33)17-34(11-12-39-28)26(38)40-27(2,3)4/h5,8,13-15H,6-7,9-12,16-17H2,1-4H3,(H,32,37)/t28-/m0/s1. The average molecular weight is 552 g/mol. The van der Waals surface area contributed by atoms with Crippen LogP contribution in [-0.2, 0) is 15.9 Å². The molecular weight excluding hydrogens is 517 g/mol. The second-order valence-electron chi connectivity index (χ2n) is 11.8. The molecule has 0 saturated carbocycles. The Bertz CT molecular complexity index is 1490. The first-order chi connectivity index (χ1) is 19.0. The second-order valence-corrected chi connectivity index (χ2v) is 11.8. The Labute approximate surface area is 231 Å². The van der Waals surface area contributed by atoms with Crippen molar-refractivity contribution >= 4 is 35.0 Å². The van der Waals surface area contributed by atoms with Crippen molar-refractivity contribution in [1.82, 2.24) is 19.3 Å². The van der Waals surface area contributed by atoms with Crippen LogP contribution in [0.5, 0.6) is 0 Å². The van der Waals surface area contributed by atoms with Gasteiger partial charge in [-0.25, -0.2) is 23.9 Å². The van der Waals surface area contributed by atoms with Crippen molar-refractivity contribution in [3.8, 4) is 0 Å². The van der Waals surface area contributed by atoms with Gasteiger partial charge >= 0.3 is 12.1 Å². The third kappa shape index (κ3) is 4.91. The molecule has 6 heterocycles. The molecule has 11 nitrogen and oxygen atoms in total. The summed E-state index contributed by atoms with van der Waals surface area (Å²) in [6, 6.07) is 2.87. The number of fused-ring (bicyclic) bond motifs is 2. The first-order valence-corrected chi connectivity index (χ1v) is 13.6. The number of aryl methyl sites for hydroxylation is 1. The molecule has 1 spiro atoms. The lowest BCUT2D eigenvalue weighted by molar-refractivity contribution is -0.0958. The molecule has 3 aromatic rings. The van der Waals surface area contributed by atoms with Crippen molar-refractivity contribution in [2.75, 3.05) is 54.4 Å². The van der Waals surface area contributed by atoms with E-state index in [2.05, 4.69) is 20.2 Å². The topological polar surface area (TPSA) is 105 Å². The molecular formula is C28H34FN7O4. The number of hydrogen-bond acceptors (Lipinski definition) is 7. The molecule has 2 saturated heterocycles. The molecule has 0 radical (unpaired) electrons. The summed E-state index contributed by atoms with van der Waals surface area (Å²) in [5, 5.41) is 2.81. The van der Waals surface area contributed by atoms with E-state index in [0.29, 0.717) is 56.4 Å². The molecule has 3 amide bonds. The average Bonchev–Trinajstić information content (AvgIpc) is 3.59. The second kappa shape index (κ2) is 9.61. The van der Waals surface area contributed by atoms with Gasteiger partial charge in [0.05, 0.1) is 24.5 Å². The summed E-state index contributed by atoms with van der Waals surface area (Å²) in [7, 11) is 0. The number of amides is 3. The van der Waals surface area contributed by atoms with Gasteiger partial charge in [0, 0.05) is 62.1 Å². The molecule has 1 N–H and O–H groups in total. The Morgan fingerprint density at radius 3 is 2.80 bits per heavy atom. The van der Waals surface area contributed by atoms with Crippen LogP contribution >= 0.6 is 0 Å². The Morgan fingerprint density at radius 2 is 2.00 bits per heavy atom. The van der Waals surface area contributed by atoms with Gasteiger partial charge in [-0.05, 0) is 46.6 Å². The zero-order valence-corrected chi connectivity index (χ0v) is 23.2. The first-order valence-electron chi connectivity index (χ1n) is 13.6. The number of carbonyl (C=O) groups excluding carboxylic acids is 2. The van der Waals surface area contributed by atoms with Crippen LogP contribution in [0.15, 0.2) is 30.7 Å². The summed E-state index contributed by atoms with van der Waals surface area (Å²) in [6.07, 6.45) is 6.16. The van der Waals surface area contributed by atoms with Crippen molar-refractivity contribution in [3.63, 3.8) is 0 Å². The minimum absolute atomic E-state index is 0.216. The number of urea groups is 1. The fourth-order valence-corrected chi connectivity index (χ4v) is 5.83. The fourth-order valence-electron chi connectivity index (χ4n) is 5.83. The summed E-state index contributed by atoms with van der Waals surface area (Å²) < 4.78 is 28.0. The number of imidazole rings is 1. The predicted octanol–water partition coefficient (Wildman–Crippen LogP) is 3.99. The Hall–Kier alpha value is -3.93. The highest BCUT2D eigenvalue weighted by Crippen LogP contribution is 2.39. The minimum Gasteiger partial charge on any atom is -0.444 e. The monoisotopic (exact) mass is 551 g/mol. The van der Waals surface area contributed by atoms with Gasteiger partial charge in [0.25, 0.3) is 0 Å². The molecule has 3 aliphatic rings. The molecule has 2 fully saturated rings. The number of hydrogen-bond donors (Lipinski definition) is 1. The number of pyridine rings is 2. The summed E-state index contributed by atoms with van der Waals surface area (Å²) in [5.41, 5.74) is 2.20. The van der Waals surface area contributed by atoms with Gasteiger partial charge in [0.1, 0.15) is 17.0 Å². The molecule has 212 valence electrons. The molecule has 12 heteroatoms. The highest BCUT2D eigenvalue weighted by atomic mass is 19.1. The third-order valence-corrected chi connectivity index (χ3v) is 7.53. The van der Waals surface area contributed by atoms with E-state index in [-0.39, 0.29) is 17.8 Å². The summed E-state index contributed by atoms with van der Waals surface area (Å²) in [4.78, 5) is 40.3. The molecule has 0 unspecified atom stereocenters. The highest BCUT2D eigenvalue weighted by molar-refractivity contribution is 6.03.